The Morgan fingerprint density at radius 1 is 1.03 bits per heavy atom. The highest BCUT2D eigenvalue weighted by Gasteiger charge is 2.21. The summed E-state index contributed by atoms with van der Waals surface area (Å²) < 4.78 is 42.9. The Bertz CT molecular complexity index is 1600. The number of nitrogens with zero attached hydrogens (tertiary/aromatic N) is 4. The number of pyridine rings is 1. The van der Waals surface area contributed by atoms with Crippen LogP contribution in [0.2, 0.25) is 5.02 Å². The lowest BCUT2D eigenvalue weighted by Gasteiger charge is -2.22. The van der Waals surface area contributed by atoms with Gasteiger partial charge in [-0.1, -0.05) is 17.7 Å². The van der Waals surface area contributed by atoms with Crippen molar-refractivity contribution in [3.8, 4) is 5.69 Å². The van der Waals surface area contributed by atoms with E-state index >= 15 is 0 Å². The van der Waals surface area contributed by atoms with Crippen molar-refractivity contribution in [3.63, 3.8) is 0 Å². The van der Waals surface area contributed by atoms with Crippen LogP contribution in [0.1, 0.15) is 18.7 Å². The topological polar surface area (TPSA) is 88.5 Å². The van der Waals surface area contributed by atoms with Crippen LogP contribution < -0.4 is 10.9 Å². The van der Waals surface area contributed by atoms with Crippen molar-refractivity contribution in [2.45, 2.75) is 13.0 Å². The maximum atomic E-state index is 14.1. The SMILES string of the molecule is C[C@H](Nc1ncnc2nc[nH]c12)c1cc2ccc(F)c(Cl)c2c(=O)n1-c1ccc(F)c(F)c1. The lowest BCUT2D eigenvalue weighted by atomic mass is 10.1. The maximum Gasteiger partial charge on any atom is 0.264 e. The van der Waals surface area contributed by atoms with E-state index in [1.54, 1.807) is 13.0 Å². The fourth-order valence-electron chi connectivity index (χ4n) is 3.72. The molecule has 0 unspecified atom stereocenters. The van der Waals surface area contributed by atoms with Crippen molar-refractivity contribution in [2.75, 3.05) is 5.32 Å². The van der Waals surface area contributed by atoms with Crippen molar-refractivity contribution in [1.82, 2.24) is 24.5 Å². The summed E-state index contributed by atoms with van der Waals surface area (Å²) in [6.45, 7) is 1.76. The summed E-state index contributed by atoms with van der Waals surface area (Å²) in [5.74, 6) is -2.54. The van der Waals surface area contributed by atoms with E-state index in [0.717, 1.165) is 18.2 Å². The Morgan fingerprint density at radius 3 is 2.61 bits per heavy atom. The van der Waals surface area contributed by atoms with Gasteiger partial charge in [-0.15, -0.1) is 0 Å². The molecule has 5 aromatic rings. The van der Waals surface area contributed by atoms with Crippen LogP contribution in [-0.2, 0) is 0 Å². The van der Waals surface area contributed by atoms with Crippen molar-refractivity contribution in [2.24, 2.45) is 0 Å². The minimum absolute atomic E-state index is 0.0548. The molecule has 3 aromatic heterocycles. The molecule has 0 aliphatic rings. The largest absolute Gasteiger partial charge is 0.360 e. The molecule has 0 aliphatic carbocycles. The maximum absolute atomic E-state index is 14.1. The Hall–Kier alpha value is -3.92. The molecule has 3 heterocycles. The van der Waals surface area contributed by atoms with Crippen molar-refractivity contribution in [3.05, 3.63) is 87.6 Å². The molecular weight excluding hydrogens is 457 g/mol. The molecule has 0 bridgehead atoms. The molecule has 1 atom stereocenters. The van der Waals surface area contributed by atoms with E-state index in [-0.39, 0.29) is 16.1 Å². The first-order chi connectivity index (χ1) is 15.8. The highest BCUT2D eigenvalue weighted by atomic mass is 35.5. The van der Waals surface area contributed by atoms with E-state index in [1.165, 1.54) is 29.4 Å². The quantitative estimate of drug-likeness (QED) is 0.390. The summed E-state index contributed by atoms with van der Waals surface area (Å²) >= 11 is 6.10. The second kappa shape index (κ2) is 7.89. The van der Waals surface area contributed by atoms with E-state index in [2.05, 4.69) is 25.3 Å². The summed E-state index contributed by atoms with van der Waals surface area (Å²) in [6, 6.07) is 6.71. The van der Waals surface area contributed by atoms with Gasteiger partial charge in [0.05, 0.1) is 28.5 Å². The second-order valence-corrected chi connectivity index (χ2v) is 7.70. The number of rotatable bonds is 4. The van der Waals surface area contributed by atoms with Gasteiger partial charge in [0.25, 0.3) is 5.56 Å². The molecule has 11 heteroatoms. The molecule has 2 aromatic carbocycles. The first-order valence-corrected chi connectivity index (χ1v) is 10.1. The van der Waals surface area contributed by atoms with Crippen LogP contribution in [0, 0.1) is 17.5 Å². The number of nitrogens with one attached hydrogen (secondary N) is 2. The Labute approximate surface area is 188 Å². The molecule has 166 valence electrons. The van der Waals surface area contributed by atoms with Gasteiger partial charge in [-0.25, -0.2) is 28.1 Å². The zero-order chi connectivity index (χ0) is 23.3. The number of hydrogen-bond donors (Lipinski definition) is 2. The normalized spacial score (nSPS) is 12.4. The third-order valence-corrected chi connectivity index (χ3v) is 5.66. The van der Waals surface area contributed by atoms with Crippen LogP contribution >= 0.6 is 11.6 Å². The van der Waals surface area contributed by atoms with Gasteiger partial charge in [-0.3, -0.25) is 9.36 Å². The molecule has 0 amide bonds. The standard InChI is InChI=1S/C22H14ClF3N6O/c1-10(31-21-19-20(28-8-27-19)29-9-30-21)16-6-11-2-4-14(25)18(23)17(11)22(33)32(16)12-3-5-13(24)15(26)7-12/h2-10H,1H3,(H2,27,28,29,30,31)/t10-/m0/s1. The summed E-state index contributed by atoms with van der Waals surface area (Å²) in [5, 5.41) is 3.15. The number of fused-ring (bicyclic) bond motifs is 2. The lowest BCUT2D eigenvalue weighted by Crippen LogP contribution is -2.26. The van der Waals surface area contributed by atoms with Crippen LogP contribution in [0.5, 0.6) is 0 Å². The number of aromatic nitrogens is 5. The van der Waals surface area contributed by atoms with Gasteiger partial charge in [0.15, 0.2) is 23.1 Å². The van der Waals surface area contributed by atoms with E-state index in [0.29, 0.717) is 28.1 Å². The van der Waals surface area contributed by atoms with Crippen molar-refractivity contribution < 1.29 is 13.2 Å². The average Bonchev–Trinajstić information content (AvgIpc) is 3.28. The molecule has 0 saturated carbocycles. The number of aromatic amines is 1. The minimum Gasteiger partial charge on any atom is -0.360 e. The predicted molar refractivity (Wildman–Crippen MR) is 118 cm³/mol. The molecule has 7 nitrogen and oxygen atoms in total. The molecule has 0 aliphatic heterocycles. The monoisotopic (exact) mass is 470 g/mol. The Morgan fingerprint density at radius 2 is 1.82 bits per heavy atom. The van der Waals surface area contributed by atoms with Crippen LogP contribution in [0.15, 0.2) is 53.8 Å². The predicted octanol–water partition coefficient (Wildman–Crippen LogP) is 4.90. The number of halogens is 4. The van der Waals surface area contributed by atoms with Gasteiger partial charge >= 0.3 is 0 Å². The van der Waals surface area contributed by atoms with E-state index < -0.39 is 29.1 Å². The van der Waals surface area contributed by atoms with Crippen LogP contribution in [0.25, 0.3) is 27.6 Å². The highest BCUT2D eigenvalue weighted by Crippen LogP contribution is 2.29. The number of anilines is 1. The minimum atomic E-state index is -1.13. The van der Waals surface area contributed by atoms with Gasteiger partial charge in [-0.2, -0.15) is 0 Å². The third kappa shape index (κ3) is 3.48. The van der Waals surface area contributed by atoms with E-state index in [9.17, 15) is 18.0 Å². The number of benzene rings is 2. The first kappa shape index (κ1) is 21.0. The number of hydrogen-bond acceptors (Lipinski definition) is 5. The third-order valence-electron chi connectivity index (χ3n) is 5.29. The number of H-pyrrole nitrogens is 1. The molecule has 5 rings (SSSR count). The van der Waals surface area contributed by atoms with E-state index in [1.807, 2.05) is 0 Å². The molecule has 0 spiro atoms. The zero-order valence-electron chi connectivity index (χ0n) is 16.9. The van der Waals surface area contributed by atoms with Gasteiger partial charge in [0.1, 0.15) is 17.7 Å². The highest BCUT2D eigenvalue weighted by molar-refractivity contribution is 6.35. The van der Waals surface area contributed by atoms with Crippen molar-refractivity contribution in [1.29, 1.82) is 0 Å². The van der Waals surface area contributed by atoms with E-state index in [4.69, 9.17) is 11.6 Å². The van der Waals surface area contributed by atoms with Crippen LogP contribution in [0.4, 0.5) is 19.0 Å². The lowest BCUT2D eigenvalue weighted by molar-refractivity contribution is 0.507. The summed E-state index contributed by atoms with van der Waals surface area (Å²) in [4.78, 5) is 28.8. The summed E-state index contributed by atoms with van der Waals surface area (Å²) in [6.07, 6.45) is 2.81. The Balaban J connectivity index is 1.74. The Kier molecular flexibility index (Phi) is 5.01. The molecule has 33 heavy (non-hydrogen) atoms. The molecular formula is C22H14ClF3N6O. The first-order valence-electron chi connectivity index (χ1n) is 9.75. The van der Waals surface area contributed by atoms with Crippen molar-refractivity contribution >= 4 is 39.4 Å². The second-order valence-electron chi connectivity index (χ2n) is 7.32. The summed E-state index contributed by atoms with van der Waals surface area (Å²) in [7, 11) is 0. The zero-order valence-corrected chi connectivity index (χ0v) is 17.7. The fourth-order valence-corrected chi connectivity index (χ4v) is 3.97. The van der Waals surface area contributed by atoms with Crippen LogP contribution in [-0.4, -0.2) is 24.5 Å². The van der Waals surface area contributed by atoms with Gasteiger partial charge in [-0.05, 0) is 36.6 Å². The number of imidazole rings is 1. The van der Waals surface area contributed by atoms with Gasteiger partial charge in [0.2, 0.25) is 0 Å². The molecule has 0 fully saturated rings. The molecule has 0 saturated heterocycles. The van der Waals surface area contributed by atoms with Gasteiger partial charge in [0, 0.05) is 11.8 Å². The smallest absolute Gasteiger partial charge is 0.264 e. The molecule has 0 radical (unpaired) electrons. The summed E-state index contributed by atoms with van der Waals surface area (Å²) in [5.41, 5.74) is 0.753. The molecule has 2 N–H and O–H groups in total. The fraction of sp³-hybridized carbons (Fsp3) is 0.0909. The van der Waals surface area contributed by atoms with Gasteiger partial charge < -0.3 is 10.3 Å². The van der Waals surface area contributed by atoms with Crippen LogP contribution in [0.3, 0.4) is 0 Å². The average molecular weight is 471 g/mol.